The number of thiophene rings is 1. The summed E-state index contributed by atoms with van der Waals surface area (Å²) in [6.07, 6.45) is 1.51. The molecule has 0 aliphatic heterocycles. The molecule has 0 fully saturated rings. The largest absolute Gasteiger partial charge is 0.348 e. The first-order valence-corrected chi connectivity index (χ1v) is 7.57. The van der Waals surface area contributed by atoms with E-state index >= 15 is 0 Å². The van der Waals surface area contributed by atoms with E-state index in [0.717, 1.165) is 16.8 Å². The van der Waals surface area contributed by atoms with E-state index in [-0.39, 0.29) is 0 Å². The molecule has 5 nitrogen and oxygen atoms in total. The maximum absolute atomic E-state index is 5.45. The number of aromatic nitrogens is 2. The fourth-order valence-electron chi connectivity index (χ4n) is 1.73. The van der Waals surface area contributed by atoms with Crippen LogP contribution in [0.3, 0.4) is 0 Å². The number of halogens is 1. The van der Waals surface area contributed by atoms with Crippen molar-refractivity contribution in [2.75, 3.05) is 10.3 Å². The Morgan fingerprint density at radius 1 is 1.47 bits per heavy atom. The van der Waals surface area contributed by atoms with Gasteiger partial charge in [-0.05, 0) is 41.2 Å². The van der Waals surface area contributed by atoms with Crippen LogP contribution in [0.2, 0.25) is 0 Å². The smallest absolute Gasteiger partial charge is 0.159 e. The molecule has 102 valence electrons. The topological polar surface area (TPSA) is 67.1 Å². The number of anilines is 2. The zero-order valence-electron chi connectivity index (χ0n) is 10.8. The summed E-state index contributed by atoms with van der Waals surface area (Å²) in [5, 5.41) is 2.08. The molecule has 19 heavy (non-hydrogen) atoms. The zero-order valence-corrected chi connectivity index (χ0v) is 13.2. The van der Waals surface area contributed by atoms with Gasteiger partial charge in [-0.3, -0.25) is 0 Å². The van der Waals surface area contributed by atoms with Crippen LogP contribution < -0.4 is 16.2 Å². The molecule has 2 rings (SSSR count). The van der Waals surface area contributed by atoms with Crippen molar-refractivity contribution < 1.29 is 0 Å². The van der Waals surface area contributed by atoms with Crippen molar-refractivity contribution in [3.8, 4) is 0 Å². The molecular weight excluding hydrogens is 326 g/mol. The van der Waals surface area contributed by atoms with E-state index in [4.69, 9.17) is 5.84 Å². The third kappa shape index (κ3) is 3.23. The monoisotopic (exact) mass is 341 g/mol. The Hall–Kier alpha value is -1.18. The number of nitrogen functional groups attached to an aromatic ring is 1. The Bertz CT molecular complexity index is 529. The van der Waals surface area contributed by atoms with Crippen LogP contribution in [0.1, 0.15) is 18.7 Å². The number of rotatable bonds is 5. The van der Waals surface area contributed by atoms with Crippen molar-refractivity contribution >= 4 is 38.9 Å². The minimum absolute atomic E-state index is 0.318. The molecule has 0 bridgehead atoms. The Kier molecular flexibility index (Phi) is 4.73. The minimum Gasteiger partial charge on any atom is -0.348 e. The number of hydrogen-bond donors (Lipinski definition) is 2. The summed E-state index contributed by atoms with van der Waals surface area (Å²) in [5.41, 5.74) is 2.57. The Balaban J connectivity index is 2.34. The van der Waals surface area contributed by atoms with Crippen LogP contribution in [-0.2, 0) is 6.54 Å². The molecule has 0 amide bonds. The lowest BCUT2D eigenvalue weighted by molar-refractivity contribution is 0.674. The van der Waals surface area contributed by atoms with Crippen LogP contribution in [0.25, 0.3) is 0 Å². The fourth-order valence-corrected chi connectivity index (χ4v) is 2.98. The molecule has 0 saturated carbocycles. The molecule has 0 spiro atoms. The van der Waals surface area contributed by atoms with E-state index in [1.54, 1.807) is 11.3 Å². The Morgan fingerprint density at radius 2 is 2.26 bits per heavy atom. The highest BCUT2D eigenvalue weighted by atomic mass is 79.9. The quantitative estimate of drug-likeness (QED) is 0.646. The molecule has 2 aromatic heterocycles. The highest BCUT2D eigenvalue weighted by Crippen LogP contribution is 2.31. The highest BCUT2D eigenvalue weighted by molar-refractivity contribution is 9.10. The number of nitrogens with one attached hydrogen (secondary N) is 1. The molecular formula is C12H16BrN5S. The maximum Gasteiger partial charge on any atom is 0.159 e. The average Bonchev–Trinajstić information content (AvgIpc) is 2.89. The van der Waals surface area contributed by atoms with Crippen LogP contribution in [0.15, 0.2) is 28.3 Å². The van der Waals surface area contributed by atoms with Gasteiger partial charge in [0.2, 0.25) is 0 Å². The van der Waals surface area contributed by atoms with Crippen molar-refractivity contribution in [1.82, 2.24) is 9.97 Å². The number of nitrogens with two attached hydrogens (primary N) is 1. The van der Waals surface area contributed by atoms with E-state index in [1.807, 2.05) is 0 Å². The summed E-state index contributed by atoms with van der Waals surface area (Å²) in [7, 11) is 0. The third-order valence-corrected chi connectivity index (χ3v) is 4.30. The lowest BCUT2D eigenvalue weighted by Crippen LogP contribution is -2.31. The third-order valence-electron chi connectivity index (χ3n) is 2.71. The van der Waals surface area contributed by atoms with Crippen LogP contribution in [0.4, 0.5) is 11.6 Å². The van der Waals surface area contributed by atoms with Crippen LogP contribution in [0, 0.1) is 0 Å². The first-order valence-electron chi connectivity index (χ1n) is 5.89. The molecule has 2 aromatic rings. The SMILES string of the molecule is CC(C)N(Cc1cccs1)c1ncnc(NN)c1Br. The van der Waals surface area contributed by atoms with Gasteiger partial charge in [0.25, 0.3) is 0 Å². The lowest BCUT2D eigenvalue weighted by atomic mass is 10.3. The molecule has 7 heteroatoms. The summed E-state index contributed by atoms with van der Waals surface area (Å²) in [6, 6.07) is 4.50. The van der Waals surface area contributed by atoms with Gasteiger partial charge < -0.3 is 10.3 Å². The lowest BCUT2D eigenvalue weighted by Gasteiger charge is -2.28. The van der Waals surface area contributed by atoms with Crippen molar-refractivity contribution in [2.24, 2.45) is 5.84 Å². The highest BCUT2D eigenvalue weighted by Gasteiger charge is 2.18. The number of nitrogens with zero attached hydrogens (tertiary/aromatic N) is 3. The van der Waals surface area contributed by atoms with E-state index in [2.05, 4.69) is 67.6 Å². The van der Waals surface area contributed by atoms with Gasteiger partial charge in [0.05, 0.1) is 6.54 Å². The molecule has 0 aliphatic rings. The zero-order chi connectivity index (χ0) is 13.8. The van der Waals surface area contributed by atoms with Gasteiger partial charge in [-0.1, -0.05) is 6.07 Å². The van der Waals surface area contributed by atoms with Crippen LogP contribution in [-0.4, -0.2) is 16.0 Å². The standard InChI is InChI=1S/C12H16BrN5S/c1-8(2)18(6-9-4-3-5-19-9)12-10(13)11(17-14)15-7-16-12/h3-5,7-8H,6,14H2,1-2H3,(H,15,16,17). The van der Waals surface area contributed by atoms with Gasteiger partial charge in [0.15, 0.2) is 5.82 Å². The fraction of sp³-hybridized carbons (Fsp3) is 0.333. The van der Waals surface area contributed by atoms with E-state index < -0.39 is 0 Å². The molecule has 0 radical (unpaired) electrons. The van der Waals surface area contributed by atoms with Gasteiger partial charge in [-0.2, -0.15) is 0 Å². The summed E-state index contributed by atoms with van der Waals surface area (Å²) < 4.78 is 0.780. The summed E-state index contributed by atoms with van der Waals surface area (Å²) in [4.78, 5) is 11.9. The van der Waals surface area contributed by atoms with Crippen molar-refractivity contribution in [2.45, 2.75) is 26.4 Å². The summed E-state index contributed by atoms with van der Waals surface area (Å²) >= 11 is 5.25. The van der Waals surface area contributed by atoms with Crippen LogP contribution >= 0.6 is 27.3 Å². The molecule has 0 saturated heterocycles. The first kappa shape index (κ1) is 14.2. The van der Waals surface area contributed by atoms with E-state index in [0.29, 0.717) is 11.9 Å². The van der Waals surface area contributed by atoms with Crippen LogP contribution in [0.5, 0.6) is 0 Å². The molecule has 3 N–H and O–H groups in total. The predicted molar refractivity (Wildman–Crippen MR) is 83.2 cm³/mol. The van der Waals surface area contributed by atoms with Crippen molar-refractivity contribution in [1.29, 1.82) is 0 Å². The molecule has 0 aliphatic carbocycles. The Morgan fingerprint density at radius 3 is 2.84 bits per heavy atom. The molecule has 0 unspecified atom stereocenters. The summed E-state index contributed by atoms with van der Waals surface area (Å²) in [5.74, 6) is 6.87. The number of hydrazine groups is 1. The summed E-state index contributed by atoms with van der Waals surface area (Å²) in [6.45, 7) is 5.09. The maximum atomic E-state index is 5.45. The molecule has 0 atom stereocenters. The Labute approximate surface area is 125 Å². The van der Waals surface area contributed by atoms with E-state index in [1.165, 1.54) is 11.2 Å². The molecule has 2 heterocycles. The second-order valence-corrected chi connectivity index (χ2v) is 6.13. The van der Waals surface area contributed by atoms with Gasteiger partial charge in [-0.15, -0.1) is 11.3 Å². The minimum atomic E-state index is 0.318. The predicted octanol–water partition coefficient (Wildman–Crippen LogP) is 3.00. The molecule has 0 aromatic carbocycles. The van der Waals surface area contributed by atoms with E-state index in [9.17, 15) is 0 Å². The first-order chi connectivity index (χ1) is 9.13. The average molecular weight is 342 g/mol. The normalized spacial score (nSPS) is 10.8. The van der Waals surface area contributed by atoms with Gasteiger partial charge in [-0.25, -0.2) is 15.8 Å². The van der Waals surface area contributed by atoms with Gasteiger partial charge in [0, 0.05) is 10.9 Å². The van der Waals surface area contributed by atoms with Gasteiger partial charge >= 0.3 is 0 Å². The van der Waals surface area contributed by atoms with Gasteiger partial charge in [0.1, 0.15) is 16.6 Å². The second kappa shape index (κ2) is 6.31. The second-order valence-electron chi connectivity index (χ2n) is 4.31. The van der Waals surface area contributed by atoms with Crippen molar-refractivity contribution in [3.63, 3.8) is 0 Å². The number of hydrogen-bond acceptors (Lipinski definition) is 6. The van der Waals surface area contributed by atoms with Crippen molar-refractivity contribution in [3.05, 3.63) is 33.2 Å².